The van der Waals surface area contributed by atoms with E-state index in [1.54, 1.807) is 12.1 Å². The van der Waals surface area contributed by atoms with Gasteiger partial charge < -0.3 is 4.98 Å². The number of hydrogen-bond acceptors (Lipinski definition) is 2. The van der Waals surface area contributed by atoms with E-state index in [0.717, 1.165) is 30.0 Å². The predicted octanol–water partition coefficient (Wildman–Crippen LogP) is 5.62. The van der Waals surface area contributed by atoms with Crippen LogP contribution >= 0.6 is 35.4 Å². The molecule has 1 saturated carbocycles. The molecular formula is C18H20Cl2N2OS. The molecule has 3 nitrogen and oxygen atoms in total. The van der Waals surface area contributed by atoms with Gasteiger partial charge in [0.1, 0.15) is 0 Å². The van der Waals surface area contributed by atoms with E-state index >= 15 is 0 Å². The highest BCUT2D eigenvalue weighted by molar-refractivity contribution is 7.71. The molecule has 0 amide bonds. The van der Waals surface area contributed by atoms with Gasteiger partial charge in [0.25, 0.3) is 5.56 Å². The average Bonchev–Trinajstić information content (AvgIpc) is 2.54. The van der Waals surface area contributed by atoms with Gasteiger partial charge in [0.2, 0.25) is 0 Å². The van der Waals surface area contributed by atoms with E-state index in [4.69, 9.17) is 35.4 Å². The fraction of sp³-hybridized carbons (Fsp3) is 0.444. The minimum absolute atomic E-state index is 0.136. The molecule has 1 aliphatic carbocycles. The van der Waals surface area contributed by atoms with Crippen LogP contribution in [0.2, 0.25) is 10.0 Å². The lowest BCUT2D eigenvalue weighted by Gasteiger charge is -2.27. The average molecular weight is 383 g/mol. The van der Waals surface area contributed by atoms with Crippen LogP contribution in [0.1, 0.15) is 55.3 Å². The fourth-order valence-electron chi connectivity index (χ4n) is 3.47. The molecule has 2 aromatic rings. The minimum atomic E-state index is -0.136. The lowest BCUT2D eigenvalue weighted by Crippen LogP contribution is -2.22. The molecule has 1 aliphatic rings. The Morgan fingerprint density at radius 1 is 1.17 bits per heavy atom. The normalized spacial score (nSPS) is 21.0. The third-order valence-electron chi connectivity index (χ3n) is 4.87. The summed E-state index contributed by atoms with van der Waals surface area (Å²) in [5.41, 5.74) is 2.40. The number of hydrogen-bond donors (Lipinski definition) is 2. The highest BCUT2D eigenvalue weighted by Crippen LogP contribution is 2.36. The first kappa shape index (κ1) is 17.7. The van der Waals surface area contributed by atoms with Crippen LogP contribution in [0.3, 0.4) is 0 Å². The maximum Gasteiger partial charge on any atom is 0.255 e. The van der Waals surface area contributed by atoms with E-state index in [0.29, 0.717) is 32.7 Å². The van der Waals surface area contributed by atoms with Gasteiger partial charge >= 0.3 is 0 Å². The lowest BCUT2D eigenvalue weighted by molar-refractivity contribution is 0.342. The predicted molar refractivity (Wildman–Crippen MR) is 102 cm³/mol. The number of rotatable bonds is 3. The number of benzene rings is 1. The molecule has 1 heterocycles. The van der Waals surface area contributed by atoms with Crippen molar-refractivity contribution in [1.82, 2.24) is 9.97 Å². The van der Waals surface area contributed by atoms with Crippen LogP contribution in [0.15, 0.2) is 23.0 Å². The minimum Gasteiger partial charge on any atom is -0.335 e. The molecular weight excluding hydrogens is 363 g/mol. The van der Waals surface area contributed by atoms with Crippen LogP contribution in [-0.4, -0.2) is 9.97 Å². The van der Waals surface area contributed by atoms with Crippen LogP contribution in [0.4, 0.5) is 0 Å². The van der Waals surface area contributed by atoms with Crippen molar-refractivity contribution in [1.29, 1.82) is 0 Å². The van der Waals surface area contributed by atoms with Crippen molar-refractivity contribution in [3.05, 3.63) is 60.2 Å². The molecule has 6 heteroatoms. The number of H-pyrrole nitrogens is 2. The van der Waals surface area contributed by atoms with Crippen LogP contribution < -0.4 is 5.56 Å². The van der Waals surface area contributed by atoms with Gasteiger partial charge in [-0.1, -0.05) is 43.0 Å². The van der Waals surface area contributed by atoms with Crippen LogP contribution in [0.5, 0.6) is 0 Å². The highest BCUT2D eigenvalue weighted by Gasteiger charge is 2.24. The highest BCUT2D eigenvalue weighted by atomic mass is 35.5. The van der Waals surface area contributed by atoms with Gasteiger partial charge in [-0.15, -0.1) is 0 Å². The molecule has 0 saturated heterocycles. The quantitative estimate of drug-likeness (QED) is 0.676. The van der Waals surface area contributed by atoms with Gasteiger partial charge in [-0.25, -0.2) is 0 Å². The van der Waals surface area contributed by atoms with Crippen LogP contribution in [0.25, 0.3) is 0 Å². The maximum absolute atomic E-state index is 12.6. The van der Waals surface area contributed by atoms with E-state index < -0.39 is 0 Å². The largest absolute Gasteiger partial charge is 0.335 e. The zero-order chi connectivity index (χ0) is 17.3. The second kappa shape index (κ2) is 7.42. The van der Waals surface area contributed by atoms with Crippen molar-refractivity contribution in [2.24, 2.45) is 5.92 Å². The Balaban J connectivity index is 2.02. The van der Waals surface area contributed by atoms with Crippen molar-refractivity contribution >= 4 is 35.4 Å². The summed E-state index contributed by atoms with van der Waals surface area (Å²) in [5, 5.41) is 1.23. The first-order valence-corrected chi connectivity index (χ1v) is 9.39. The molecule has 0 unspecified atom stereocenters. The monoisotopic (exact) mass is 382 g/mol. The molecule has 1 fully saturated rings. The zero-order valence-corrected chi connectivity index (χ0v) is 15.8. The van der Waals surface area contributed by atoms with Gasteiger partial charge in [0, 0.05) is 27.7 Å². The Hall–Kier alpha value is -1.10. The summed E-state index contributed by atoms with van der Waals surface area (Å²) < 4.78 is 0.384. The first-order chi connectivity index (χ1) is 11.4. The molecule has 1 aromatic carbocycles. The molecule has 1 aromatic heterocycles. The Labute approximate surface area is 156 Å². The summed E-state index contributed by atoms with van der Waals surface area (Å²) in [7, 11) is 0. The second-order valence-corrected chi connectivity index (χ2v) is 7.92. The second-order valence-electron chi connectivity index (χ2n) is 6.67. The van der Waals surface area contributed by atoms with Gasteiger partial charge in [-0.3, -0.25) is 9.78 Å². The van der Waals surface area contributed by atoms with Crippen molar-refractivity contribution in [3.8, 4) is 0 Å². The maximum atomic E-state index is 12.6. The summed E-state index contributed by atoms with van der Waals surface area (Å²) in [4.78, 5) is 18.5. The molecule has 0 atom stereocenters. The first-order valence-electron chi connectivity index (χ1n) is 8.23. The molecule has 0 bridgehead atoms. The molecule has 24 heavy (non-hydrogen) atoms. The number of nitrogens with one attached hydrogen (secondary N) is 2. The van der Waals surface area contributed by atoms with Gasteiger partial charge in [-0.2, -0.15) is 0 Å². The van der Waals surface area contributed by atoms with Crippen LogP contribution in [0, 0.1) is 10.7 Å². The van der Waals surface area contributed by atoms with Crippen molar-refractivity contribution < 1.29 is 0 Å². The zero-order valence-electron chi connectivity index (χ0n) is 13.5. The van der Waals surface area contributed by atoms with E-state index in [2.05, 4.69) is 16.9 Å². The van der Waals surface area contributed by atoms with Crippen molar-refractivity contribution in [2.45, 2.75) is 44.9 Å². The standard InChI is InChI=1S/C18H20Cl2N2OS/c1-10-2-4-11(5-3-10)16-14(17(23)22-18(24)21-16)9-12-8-13(19)6-7-15(12)20/h6-8,10-11H,2-5,9H2,1H3,(H2,21,22,23,24). The fourth-order valence-corrected chi connectivity index (χ4v) is 4.05. The van der Waals surface area contributed by atoms with E-state index in [1.807, 2.05) is 6.07 Å². The summed E-state index contributed by atoms with van der Waals surface area (Å²) in [5.74, 6) is 1.09. The smallest absolute Gasteiger partial charge is 0.255 e. The third kappa shape index (κ3) is 3.93. The topological polar surface area (TPSA) is 48.6 Å². The summed E-state index contributed by atoms with van der Waals surface area (Å²) in [6.07, 6.45) is 4.95. The molecule has 128 valence electrons. The summed E-state index contributed by atoms with van der Waals surface area (Å²) in [6.45, 7) is 2.28. The Morgan fingerprint density at radius 3 is 2.58 bits per heavy atom. The summed E-state index contributed by atoms with van der Waals surface area (Å²) >= 11 is 17.6. The molecule has 0 radical (unpaired) electrons. The van der Waals surface area contributed by atoms with Gasteiger partial charge in [-0.05, 0) is 60.7 Å². The molecule has 0 aliphatic heterocycles. The van der Waals surface area contributed by atoms with Gasteiger partial charge in [0.15, 0.2) is 4.77 Å². The number of aromatic amines is 2. The molecule has 0 spiro atoms. The van der Waals surface area contributed by atoms with Crippen molar-refractivity contribution in [2.75, 3.05) is 0 Å². The Morgan fingerprint density at radius 2 is 1.88 bits per heavy atom. The Kier molecular flexibility index (Phi) is 5.48. The third-order valence-corrected chi connectivity index (χ3v) is 5.68. The molecule has 3 rings (SSSR count). The van der Waals surface area contributed by atoms with E-state index in [1.165, 1.54) is 12.8 Å². The Bertz CT molecular complexity index is 851. The van der Waals surface area contributed by atoms with Gasteiger partial charge in [0.05, 0.1) is 0 Å². The van der Waals surface area contributed by atoms with E-state index in [-0.39, 0.29) is 5.56 Å². The summed E-state index contributed by atoms with van der Waals surface area (Å²) in [6, 6.07) is 5.33. The number of aromatic nitrogens is 2. The van der Waals surface area contributed by atoms with E-state index in [9.17, 15) is 4.79 Å². The van der Waals surface area contributed by atoms with Crippen LogP contribution in [-0.2, 0) is 6.42 Å². The number of halogens is 2. The molecule has 2 N–H and O–H groups in total. The lowest BCUT2D eigenvalue weighted by atomic mass is 9.80. The van der Waals surface area contributed by atoms with Crippen molar-refractivity contribution in [3.63, 3.8) is 0 Å². The SMILES string of the molecule is CC1CCC(c2[nH]c(=S)[nH]c(=O)c2Cc2cc(Cl)ccc2Cl)CC1.